The van der Waals surface area contributed by atoms with Gasteiger partial charge in [0.1, 0.15) is 5.82 Å². The van der Waals surface area contributed by atoms with Crippen LogP contribution in [0.1, 0.15) is 17.0 Å². The molecule has 0 aliphatic heterocycles. The zero-order valence-electron chi connectivity index (χ0n) is 12.9. The third-order valence-corrected chi connectivity index (χ3v) is 4.23. The summed E-state index contributed by atoms with van der Waals surface area (Å²) in [5.74, 6) is 1.31. The average Bonchev–Trinajstić information content (AvgIpc) is 2.92. The normalized spacial score (nSPS) is 10.9. The number of hydrogen-bond donors (Lipinski definition) is 2. The first kappa shape index (κ1) is 15.3. The molecular weight excluding hydrogens is 310 g/mol. The minimum absolute atomic E-state index is 0.130. The van der Waals surface area contributed by atoms with Crippen molar-refractivity contribution in [3.05, 3.63) is 47.5 Å². The van der Waals surface area contributed by atoms with E-state index in [1.54, 1.807) is 6.20 Å². The molecule has 0 unspecified atom stereocenters. The van der Waals surface area contributed by atoms with Crippen LogP contribution in [-0.2, 0) is 5.75 Å². The number of anilines is 2. The van der Waals surface area contributed by atoms with Gasteiger partial charge in [-0.3, -0.25) is 4.57 Å². The number of hydrogen-bond acceptors (Lipinski definition) is 7. The summed E-state index contributed by atoms with van der Waals surface area (Å²) < 4.78 is 2.05. The van der Waals surface area contributed by atoms with Crippen LogP contribution >= 0.6 is 11.8 Å². The van der Waals surface area contributed by atoms with Gasteiger partial charge in [-0.1, -0.05) is 29.5 Å². The van der Waals surface area contributed by atoms with Crippen LogP contribution < -0.4 is 11.5 Å². The first-order valence-corrected chi connectivity index (χ1v) is 8.01. The Bertz CT molecular complexity index is 823. The van der Waals surface area contributed by atoms with Crippen molar-refractivity contribution in [1.82, 2.24) is 24.5 Å². The van der Waals surface area contributed by atoms with E-state index in [1.807, 2.05) is 10.8 Å². The van der Waals surface area contributed by atoms with Gasteiger partial charge < -0.3 is 11.5 Å². The lowest BCUT2D eigenvalue weighted by Gasteiger charge is -2.11. The second-order valence-corrected chi connectivity index (χ2v) is 6.07. The number of nitrogens with two attached hydrogens (primary N) is 2. The molecule has 2 aromatic heterocycles. The van der Waals surface area contributed by atoms with Gasteiger partial charge in [0, 0.05) is 12.4 Å². The zero-order chi connectivity index (χ0) is 16.4. The van der Waals surface area contributed by atoms with Crippen LogP contribution in [0.15, 0.2) is 35.7 Å². The highest BCUT2D eigenvalue weighted by atomic mass is 32.2. The van der Waals surface area contributed by atoms with E-state index < -0.39 is 0 Å². The summed E-state index contributed by atoms with van der Waals surface area (Å²) in [4.78, 5) is 16.3. The van der Waals surface area contributed by atoms with Crippen molar-refractivity contribution in [1.29, 1.82) is 0 Å². The Morgan fingerprint density at radius 2 is 1.83 bits per heavy atom. The lowest BCUT2D eigenvalue weighted by molar-refractivity contribution is 0.883. The summed E-state index contributed by atoms with van der Waals surface area (Å²) in [5, 5.41) is 0.856. The molecule has 3 aromatic rings. The molecule has 7 nitrogen and oxygen atoms in total. The SMILES string of the molecule is Cc1ccc(-n2ccnc2SCc2nc(N)nc(N)n2)c(C)c1. The third kappa shape index (κ3) is 3.42. The Morgan fingerprint density at radius 3 is 2.52 bits per heavy atom. The molecule has 0 bridgehead atoms. The van der Waals surface area contributed by atoms with Gasteiger partial charge in [-0.2, -0.15) is 15.0 Å². The predicted octanol–water partition coefficient (Wildman–Crippen LogP) is 2.13. The fraction of sp³-hybridized carbons (Fsp3) is 0.200. The van der Waals surface area contributed by atoms with Gasteiger partial charge in [-0.25, -0.2) is 4.98 Å². The first-order valence-electron chi connectivity index (χ1n) is 7.02. The lowest BCUT2D eigenvalue weighted by Crippen LogP contribution is -2.06. The highest BCUT2D eigenvalue weighted by Crippen LogP contribution is 2.25. The number of aryl methyl sites for hydroxylation is 2. The topological polar surface area (TPSA) is 109 Å². The molecule has 4 N–H and O–H groups in total. The number of nitrogen functional groups attached to an aromatic ring is 2. The monoisotopic (exact) mass is 327 g/mol. The van der Waals surface area contributed by atoms with E-state index in [0.717, 1.165) is 10.8 Å². The molecule has 2 heterocycles. The van der Waals surface area contributed by atoms with Gasteiger partial charge in [0.15, 0.2) is 5.16 Å². The Kier molecular flexibility index (Phi) is 4.16. The van der Waals surface area contributed by atoms with E-state index in [4.69, 9.17) is 11.5 Å². The molecule has 1 aromatic carbocycles. The fourth-order valence-electron chi connectivity index (χ4n) is 2.31. The molecule has 23 heavy (non-hydrogen) atoms. The summed E-state index contributed by atoms with van der Waals surface area (Å²) in [5.41, 5.74) is 14.7. The molecule has 0 radical (unpaired) electrons. The quantitative estimate of drug-likeness (QED) is 0.706. The minimum Gasteiger partial charge on any atom is -0.368 e. The number of imidazole rings is 1. The molecule has 0 atom stereocenters. The maximum Gasteiger partial charge on any atom is 0.225 e. The van der Waals surface area contributed by atoms with Crippen LogP contribution in [0.5, 0.6) is 0 Å². The van der Waals surface area contributed by atoms with Crippen molar-refractivity contribution < 1.29 is 0 Å². The summed E-state index contributed by atoms with van der Waals surface area (Å²) >= 11 is 1.52. The van der Waals surface area contributed by atoms with Crippen molar-refractivity contribution >= 4 is 23.7 Å². The molecule has 0 aliphatic rings. The standard InChI is InChI=1S/C15H17N7S/c1-9-3-4-11(10(2)7-9)22-6-5-18-15(22)23-8-12-19-13(16)21-14(17)20-12/h3-7H,8H2,1-2H3,(H4,16,17,19,20,21). The third-order valence-electron chi connectivity index (χ3n) is 3.27. The Balaban J connectivity index is 1.84. The molecule has 0 saturated carbocycles. The summed E-state index contributed by atoms with van der Waals surface area (Å²) in [7, 11) is 0. The second-order valence-electron chi connectivity index (χ2n) is 5.13. The van der Waals surface area contributed by atoms with Crippen LogP contribution in [0.2, 0.25) is 0 Å². The molecule has 0 spiro atoms. The number of rotatable bonds is 4. The van der Waals surface area contributed by atoms with E-state index in [0.29, 0.717) is 11.6 Å². The van der Waals surface area contributed by atoms with Gasteiger partial charge >= 0.3 is 0 Å². The highest BCUT2D eigenvalue weighted by Gasteiger charge is 2.10. The lowest BCUT2D eigenvalue weighted by atomic mass is 10.1. The Hall–Kier alpha value is -2.61. The van der Waals surface area contributed by atoms with E-state index in [9.17, 15) is 0 Å². The molecule has 3 rings (SSSR count). The van der Waals surface area contributed by atoms with Crippen molar-refractivity contribution in [2.75, 3.05) is 11.5 Å². The zero-order valence-corrected chi connectivity index (χ0v) is 13.7. The Morgan fingerprint density at radius 1 is 1.09 bits per heavy atom. The molecule has 118 valence electrons. The van der Waals surface area contributed by atoms with E-state index in [2.05, 4.69) is 52.0 Å². The van der Waals surface area contributed by atoms with Crippen LogP contribution in [0, 0.1) is 13.8 Å². The minimum atomic E-state index is 0.130. The first-order chi connectivity index (χ1) is 11.0. The van der Waals surface area contributed by atoms with Gasteiger partial charge in [0.2, 0.25) is 11.9 Å². The number of thioether (sulfide) groups is 1. The van der Waals surface area contributed by atoms with Crippen molar-refractivity contribution in [2.24, 2.45) is 0 Å². The average molecular weight is 327 g/mol. The largest absolute Gasteiger partial charge is 0.368 e. The van der Waals surface area contributed by atoms with Gasteiger partial charge in [0.05, 0.1) is 11.4 Å². The molecule has 0 saturated heterocycles. The van der Waals surface area contributed by atoms with E-state index >= 15 is 0 Å². The number of aromatic nitrogens is 5. The van der Waals surface area contributed by atoms with Crippen molar-refractivity contribution in [3.63, 3.8) is 0 Å². The molecule has 8 heteroatoms. The molecular formula is C15H17N7S. The van der Waals surface area contributed by atoms with Crippen molar-refractivity contribution in [2.45, 2.75) is 24.8 Å². The molecule has 0 fully saturated rings. The van der Waals surface area contributed by atoms with Crippen molar-refractivity contribution in [3.8, 4) is 5.69 Å². The summed E-state index contributed by atoms with van der Waals surface area (Å²) in [6, 6.07) is 6.33. The highest BCUT2D eigenvalue weighted by molar-refractivity contribution is 7.98. The Labute approximate surface area is 138 Å². The second kappa shape index (κ2) is 6.25. The smallest absolute Gasteiger partial charge is 0.225 e. The number of nitrogens with zero attached hydrogens (tertiary/aromatic N) is 5. The van der Waals surface area contributed by atoms with Crippen LogP contribution in [0.25, 0.3) is 5.69 Å². The maximum atomic E-state index is 5.59. The van der Waals surface area contributed by atoms with Crippen LogP contribution in [0.4, 0.5) is 11.9 Å². The predicted molar refractivity (Wildman–Crippen MR) is 91.3 cm³/mol. The number of benzene rings is 1. The van der Waals surface area contributed by atoms with Gasteiger partial charge in [-0.05, 0) is 25.5 Å². The van der Waals surface area contributed by atoms with Gasteiger partial charge in [0.25, 0.3) is 0 Å². The molecule has 0 amide bonds. The molecule has 0 aliphatic carbocycles. The van der Waals surface area contributed by atoms with E-state index in [-0.39, 0.29) is 11.9 Å². The summed E-state index contributed by atoms with van der Waals surface area (Å²) in [6.45, 7) is 4.17. The maximum absolute atomic E-state index is 5.59. The van der Waals surface area contributed by atoms with Crippen LogP contribution in [-0.4, -0.2) is 24.5 Å². The van der Waals surface area contributed by atoms with E-state index in [1.165, 1.54) is 22.9 Å². The van der Waals surface area contributed by atoms with Crippen LogP contribution in [0.3, 0.4) is 0 Å². The fourth-order valence-corrected chi connectivity index (χ4v) is 3.13. The van der Waals surface area contributed by atoms with Gasteiger partial charge in [-0.15, -0.1) is 0 Å². The summed E-state index contributed by atoms with van der Waals surface area (Å²) in [6.07, 6.45) is 3.72.